The Morgan fingerprint density at radius 3 is 2.47 bits per heavy atom. The second-order valence-corrected chi connectivity index (χ2v) is 10.3. The molecule has 3 rings (SSSR count). The number of nitrogens with two attached hydrogens (primary N) is 2. The normalized spacial score (nSPS) is 12.8. The number of ether oxygens (including phenoxy) is 2. The van der Waals surface area contributed by atoms with E-state index in [4.69, 9.17) is 30.7 Å². The minimum atomic E-state index is -4.23. The van der Waals surface area contributed by atoms with Gasteiger partial charge in [0.2, 0.25) is 6.23 Å². The second-order valence-electron chi connectivity index (χ2n) is 6.58. The molecule has 0 amide bonds. The molecule has 12 nitrogen and oxygen atoms in total. The monoisotopic (exact) mass is 526 g/mol. The van der Waals surface area contributed by atoms with Crippen molar-refractivity contribution in [1.29, 1.82) is 5.26 Å². The van der Waals surface area contributed by atoms with Crippen molar-refractivity contribution < 1.29 is 31.9 Å². The average Bonchev–Trinajstić information content (AvgIpc) is 3.24. The van der Waals surface area contributed by atoms with Crippen molar-refractivity contribution in [3.8, 4) is 17.6 Å². The van der Waals surface area contributed by atoms with Crippen molar-refractivity contribution in [3.05, 3.63) is 47.8 Å². The third kappa shape index (κ3) is 6.44. The molecule has 6 N–H and O–H groups in total. The van der Waals surface area contributed by atoms with Crippen molar-refractivity contribution in [2.75, 3.05) is 26.3 Å². The number of pyridine rings is 1. The molecule has 0 radical (unpaired) electrons. The number of aromatic nitrogens is 1. The second kappa shape index (κ2) is 11.6. The number of hydrogen-bond acceptors (Lipinski definition) is 11. The molecule has 34 heavy (non-hydrogen) atoms. The summed E-state index contributed by atoms with van der Waals surface area (Å²) in [6.45, 7) is 1.01. The number of nitrogens with one attached hydrogen (secondary N) is 1. The Bertz CT molecular complexity index is 1280. The van der Waals surface area contributed by atoms with E-state index in [2.05, 4.69) is 9.71 Å². The number of nitrogens with zero attached hydrogens (tertiary/aromatic N) is 2. The molecule has 3 aromatic rings. The minimum absolute atomic E-state index is 0.0182. The zero-order valence-corrected chi connectivity index (χ0v) is 20.1. The summed E-state index contributed by atoms with van der Waals surface area (Å²) in [6.07, 6.45) is -1.61. The Morgan fingerprint density at radius 1 is 1.18 bits per heavy atom. The summed E-state index contributed by atoms with van der Waals surface area (Å²) in [4.78, 5) is 13.2. The molecule has 0 spiro atoms. The van der Waals surface area contributed by atoms with Crippen LogP contribution < -0.4 is 25.7 Å². The molecular weight excluding hydrogens is 505 g/mol. The SMILES string of the molecule is N#Cc1cccc(C(NS(=O)(=O)c2cc3cc(OCCN)c(OCCN)cc3s2)O[P+](=O)O)n1. The van der Waals surface area contributed by atoms with Crippen LogP contribution in [0.15, 0.2) is 40.6 Å². The molecule has 1 aromatic carbocycles. The van der Waals surface area contributed by atoms with Crippen LogP contribution in [0, 0.1) is 11.3 Å². The average molecular weight is 527 g/mol. The Morgan fingerprint density at radius 2 is 1.85 bits per heavy atom. The first kappa shape index (κ1) is 25.9. The maximum atomic E-state index is 13.1. The van der Waals surface area contributed by atoms with Gasteiger partial charge in [0, 0.05) is 28.4 Å². The van der Waals surface area contributed by atoms with Crippen LogP contribution in [0.5, 0.6) is 11.5 Å². The third-order valence-electron chi connectivity index (χ3n) is 4.19. The Labute approximate surface area is 200 Å². The fourth-order valence-corrected chi connectivity index (χ4v) is 5.72. The molecule has 0 saturated heterocycles. The summed E-state index contributed by atoms with van der Waals surface area (Å²) < 4.78 is 56.2. The number of hydrogen-bond donors (Lipinski definition) is 4. The van der Waals surface area contributed by atoms with Gasteiger partial charge < -0.3 is 20.9 Å². The minimum Gasteiger partial charge on any atom is -0.488 e. The van der Waals surface area contributed by atoms with Crippen LogP contribution in [0.25, 0.3) is 10.1 Å². The Hall–Kier alpha value is -2.73. The molecule has 2 atom stereocenters. The van der Waals surface area contributed by atoms with Crippen LogP contribution in [0.2, 0.25) is 0 Å². The number of nitriles is 1. The van der Waals surface area contributed by atoms with Gasteiger partial charge in [-0.1, -0.05) is 10.6 Å². The lowest BCUT2D eigenvalue weighted by Crippen LogP contribution is -2.29. The van der Waals surface area contributed by atoms with E-state index in [1.165, 1.54) is 24.3 Å². The maximum Gasteiger partial charge on any atom is 0.696 e. The third-order valence-corrected chi connectivity index (χ3v) is 7.55. The van der Waals surface area contributed by atoms with Crippen LogP contribution >= 0.6 is 19.6 Å². The molecule has 0 aliphatic carbocycles. The molecule has 0 aliphatic heterocycles. The zero-order valence-electron chi connectivity index (χ0n) is 17.6. The molecule has 15 heteroatoms. The predicted octanol–water partition coefficient (Wildman–Crippen LogP) is 1.49. The van der Waals surface area contributed by atoms with E-state index < -0.39 is 24.5 Å². The van der Waals surface area contributed by atoms with Crippen LogP contribution in [0.3, 0.4) is 0 Å². The first-order valence-electron chi connectivity index (χ1n) is 9.73. The van der Waals surface area contributed by atoms with E-state index >= 15 is 0 Å². The largest absolute Gasteiger partial charge is 0.696 e. The van der Waals surface area contributed by atoms with Gasteiger partial charge >= 0.3 is 8.25 Å². The molecule has 2 aromatic heterocycles. The van der Waals surface area contributed by atoms with Crippen LogP contribution in [-0.4, -0.2) is 44.6 Å². The van der Waals surface area contributed by atoms with Crippen molar-refractivity contribution in [2.24, 2.45) is 11.5 Å². The van der Waals surface area contributed by atoms with Gasteiger partial charge in [-0.3, -0.25) is 0 Å². The van der Waals surface area contributed by atoms with E-state index in [1.54, 1.807) is 12.1 Å². The van der Waals surface area contributed by atoms with Crippen LogP contribution in [0.1, 0.15) is 17.6 Å². The number of sulfonamides is 1. The summed E-state index contributed by atoms with van der Waals surface area (Å²) in [5.74, 6) is 0.776. The Kier molecular flexibility index (Phi) is 8.84. The van der Waals surface area contributed by atoms with Gasteiger partial charge in [0.05, 0.1) is 5.69 Å². The summed E-state index contributed by atoms with van der Waals surface area (Å²) in [5, 5.41) is 9.60. The van der Waals surface area contributed by atoms with Gasteiger partial charge in [0.1, 0.15) is 29.2 Å². The number of thiophene rings is 1. The van der Waals surface area contributed by atoms with Crippen molar-refractivity contribution >= 4 is 39.7 Å². The highest BCUT2D eigenvalue weighted by molar-refractivity contribution is 7.91. The molecule has 0 saturated carbocycles. The first-order chi connectivity index (χ1) is 16.3. The predicted molar refractivity (Wildman–Crippen MR) is 124 cm³/mol. The van der Waals surface area contributed by atoms with E-state index in [0.29, 0.717) is 21.6 Å². The summed E-state index contributed by atoms with van der Waals surface area (Å²) in [5.41, 5.74) is 10.9. The van der Waals surface area contributed by atoms with E-state index in [1.807, 2.05) is 6.07 Å². The summed E-state index contributed by atoms with van der Waals surface area (Å²) in [7, 11) is -7.42. The van der Waals surface area contributed by atoms with Gasteiger partial charge in [-0.15, -0.1) is 16.2 Å². The molecule has 180 valence electrons. The molecular formula is C19H21N5O7PS2+. The Balaban J connectivity index is 1.97. The maximum absolute atomic E-state index is 13.1. The summed E-state index contributed by atoms with van der Waals surface area (Å²) in [6, 6.07) is 10.7. The van der Waals surface area contributed by atoms with Crippen molar-refractivity contribution in [2.45, 2.75) is 10.4 Å². The van der Waals surface area contributed by atoms with Gasteiger partial charge in [-0.05, 0) is 29.7 Å². The zero-order chi connectivity index (χ0) is 24.7. The van der Waals surface area contributed by atoms with Gasteiger partial charge in [-0.2, -0.15) is 9.98 Å². The fourth-order valence-electron chi connectivity index (χ4n) is 2.80. The molecule has 2 heterocycles. The molecule has 0 aliphatic rings. The van der Waals surface area contributed by atoms with Gasteiger partial charge in [-0.25, -0.2) is 13.4 Å². The van der Waals surface area contributed by atoms with Crippen molar-refractivity contribution in [3.63, 3.8) is 0 Å². The quantitative estimate of drug-likeness (QED) is 0.197. The van der Waals surface area contributed by atoms with E-state index in [0.717, 1.165) is 11.3 Å². The number of benzene rings is 1. The number of fused-ring (bicyclic) bond motifs is 1. The lowest BCUT2D eigenvalue weighted by atomic mass is 10.2. The van der Waals surface area contributed by atoms with E-state index in [-0.39, 0.29) is 41.9 Å². The molecule has 2 unspecified atom stereocenters. The molecule has 0 bridgehead atoms. The summed E-state index contributed by atoms with van der Waals surface area (Å²) >= 11 is 0.943. The fraction of sp³-hybridized carbons (Fsp3) is 0.263. The van der Waals surface area contributed by atoms with E-state index in [9.17, 15) is 17.9 Å². The van der Waals surface area contributed by atoms with Crippen molar-refractivity contribution in [1.82, 2.24) is 9.71 Å². The lowest BCUT2D eigenvalue weighted by molar-refractivity contribution is 0.177. The highest BCUT2D eigenvalue weighted by Gasteiger charge is 2.32. The van der Waals surface area contributed by atoms with Crippen LogP contribution in [-0.2, 0) is 19.1 Å². The molecule has 0 fully saturated rings. The first-order valence-corrected chi connectivity index (χ1v) is 13.2. The highest BCUT2D eigenvalue weighted by Crippen LogP contribution is 2.38. The standard InChI is InChI=1S/C19H20N5O7PS2/c20-4-6-29-15-8-12-9-18(33-17(12)10-16(15)30-7-5-21)34(27,28)24-19(31-32(25)26)14-3-1-2-13(11-22)23-14/h1-3,8-10,19,24H,4-7,20-21H2/p+1. The topological polar surface area (TPSA) is 200 Å². The van der Waals surface area contributed by atoms with Gasteiger partial charge in [0.15, 0.2) is 11.5 Å². The highest BCUT2D eigenvalue weighted by atomic mass is 32.2. The smallest absolute Gasteiger partial charge is 0.488 e. The number of rotatable bonds is 12. The lowest BCUT2D eigenvalue weighted by Gasteiger charge is -2.12. The van der Waals surface area contributed by atoms with Gasteiger partial charge in [0.25, 0.3) is 10.0 Å². The van der Waals surface area contributed by atoms with Crippen LogP contribution in [0.4, 0.5) is 0 Å².